The third kappa shape index (κ3) is 6.37. The molecule has 11 heteroatoms. The third-order valence-corrected chi connectivity index (χ3v) is 8.98. The van der Waals surface area contributed by atoms with Gasteiger partial charge >= 0.3 is 6.09 Å². The Morgan fingerprint density at radius 1 is 1.05 bits per heavy atom. The molecule has 0 spiro atoms. The van der Waals surface area contributed by atoms with E-state index >= 15 is 0 Å². The topological polar surface area (TPSA) is 119 Å². The van der Waals surface area contributed by atoms with E-state index in [0.717, 1.165) is 5.56 Å². The number of nitrogens with one attached hydrogen (secondary N) is 2. The number of rotatable bonds is 7. The number of benzene rings is 2. The van der Waals surface area contributed by atoms with Gasteiger partial charge in [0.25, 0.3) is 0 Å². The summed E-state index contributed by atoms with van der Waals surface area (Å²) in [6.45, 7) is 3.36. The Hall–Kier alpha value is -2.82. The first-order chi connectivity index (χ1) is 17.7. The Labute approximate surface area is 222 Å². The number of carbonyl (C=O) groups excluding carboxylic acids is 1. The Bertz CT molecular complexity index is 1220. The highest BCUT2D eigenvalue weighted by Gasteiger charge is 2.38. The summed E-state index contributed by atoms with van der Waals surface area (Å²) >= 11 is 6.15. The molecule has 2 fully saturated rings. The Morgan fingerprint density at radius 2 is 1.76 bits per heavy atom. The molecule has 1 unspecified atom stereocenters. The number of anilines is 1. The molecule has 1 atom stereocenters. The first-order valence-corrected chi connectivity index (χ1v) is 14.4. The standard InChI is InChI=1S/C26H33ClN4O5S/c1-2-28-23-16-21(12-13-22(23)27)37(35,36)29-20-10-8-19(9-11-20)25(32)31-15-14-30(26(33)34)17-24(31)18-6-4-3-5-7-18/h3-7,12-13,16,19-20,24,28-29H,2,8-11,14-15,17H2,1H3,(H,33,34)/t19-,20-,24?. The lowest BCUT2D eigenvalue weighted by Gasteiger charge is -2.43. The van der Waals surface area contributed by atoms with E-state index in [1.54, 1.807) is 11.0 Å². The van der Waals surface area contributed by atoms with E-state index in [2.05, 4.69) is 10.0 Å². The molecule has 200 valence electrons. The predicted octanol–water partition coefficient (Wildman–Crippen LogP) is 4.17. The van der Waals surface area contributed by atoms with Crippen LogP contribution in [-0.2, 0) is 14.8 Å². The van der Waals surface area contributed by atoms with E-state index in [1.165, 1.54) is 17.0 Å². The largest absolute Gasteiger partial charge is 0.465 e. The quantitative estimate of drug-likeness (QED) is 0.478. The lowest BCUT2D eigenvalue weighted by atomic mass is 9.85. The van der Waals surface area contributed by atoms with Crippen LogP contribution in [0.15, 0.2) is 53.4 Å². The molecule has 1 saturated heterocycles. The number of carbonyl (C=O) groups is 2. The lowest BCUT2D eigenvalue weighted by molar-refractivity contribution is -0.141. The molecule has 1 saturated carbocycles. The zero-order valence-corrected chi connectivity index (χ0v) is 22.3. The maximum atomic E-state index is 13.6. The second-order valence-electron chi connectivity index (χ2n) is 9.53. The number of halogens is 1. The van der Waals surface area contributed by atoms with Gasteiger partial charge in [0.05, 0.1) is 21.6 Å². The maximum Gasteiger partial charge on any atom is 0.407 e. The van der Waals surface area contributed by atoms with Crippen LogP contribution in [-0.4, -0.2) is 67.5 Å². The van der Waals surface area contributed by atoms with Gasteiger partial charge in [-0.1, -0.05) is 41.9 Å². The van der Waals surface area contributed by atoms with Crippen LogP contribution in [0.3, 0.4) is 0 Å². The summed E-state index contributed by atoms with van der Waals surface area (Å²) in [6, 6.07) is 13.5. The fraction of sp³-hybridized carbons (Fsp3) is 0.462. The van der Waals surface area contributed by atoms with Crippen LogP contribution in [0, 0.1) is 5.92 Å². The summed E-state index contributed by atoms with van der Waals surface area (Å²) in [5.74, 6) is -0.215. The lowest BCUT2D eigenvalue weighted by Crippen LogP contribution is -2.53. The number of carboxylic acid groups (broad SMARTS) is 1. The van der Waals surface area contributed by atoms with Crippen molar-refractivity contribution in [3.05, 3.63) is 59.1 Å². The molecule has 2 aliphatic rings. The molecule has 9 nitrogen and oxygen atoms in total. The van der Waals surface area contributed by atoms with Gasteiger partial charge in [0.15, 0.2) is 0 Å². The van der Waals surface area contributed by atoms with Gasteiger partial charge < -0.3 is 20.2 Å². The van der Waals surface area contributed by atoms with E-state index in [0.29, 0.717) is 49.5 Å². The Kier molecular flexibility index (Phi) is 8.61. The molecule has 3 N–H and O–H groups in total. The van der Waals surface area contributed by atoms with E-state index in [1.807, 2.05) is 37.3 Å². The summed E-state index contributed by atoms with van der Waals surface area (Å²) in [6.07, 6.45) is 1.24. The second kappa shape index (κ2) is 11.7. The van der Waals surface area contributed by atoms with Gasteiger partial charge in [0, 0.05) is 38.1 Å². The summed E-state index contributed by atoms with van der Waals surface area (Å²) in [7, 11) is -3.74. The van der Waals surface area contributed by atoms with Crippen LogP contribution < -0.4 is 10.0 Å². The van der Waals surface area contributed by atoms with Crippen LogP contribution >= 0.6 is 11.6 Å². The van der Waals surface area contributed by atoms with Crippen molar-refractivity contribution in [1.29, 1.82) is 0 Å². The number of nitrogens with zero attached hydrogens (tertiary/aromatic N) is 2. The predicted molar refractivity (Wildman–Crippen MR) is 142 cm³/mol. The Balaban J connectivity index is 1.40. The van der Waals surface area contributed by atoms with Crippen LogP contribution in [0.2, 0.25) is 5.02 Å². The molecule has 0 aromatic heterocycles. The minimum Gasteiger partial charge on any atom is -0.465 e. The van der Waals surface area contributed by atoms with Gasteiger partial charge in [-0.3, -0.25) is 4.79 Å². The molecule has 0 bridgehead atoms. The summed E-state index contributed by atoms with van der Waals surface area (Å²) in [5, 5.41) is 13.0. The molecular weight excluding hydrogens is 516 g/mol. The van der Waals surface area contributed by atoms with Gasteiger partial charge in [0.1, 0.15) is 0 Å². The van der Waals surface area contributed by atoms with E-state index < -0.39 is 16.1 Å². The summed E-state index contributed by atoms with van der Waals surface area (Å²) < 4.78 is 28.8. The van der Waals surface area contributed by atoms with Gasteiger partial charge in [-0.05, 0) is 56.4 Å². The number of hydrogen-bond acceptors (Lipinski definition) is 5. The fourth-order valence-corrected chi connectivity index (χ4v) is 6.67. The zero-order chi connectivity index (χ0) is 26.6. The van der Waals surface area contributed by atoms with Crippen molar-refractivity contribution in [2.45, 2.75) is 49.6 Å². The number of piperazine rings is 1. The van der Waals surface area contributed by atoms with Gasteiger partial charge in [-0.25, -0.2) is 17.9 Å². The molecule has 2 aromatic carbocycles. The van der Waals surface area contributed by atoms with Crippen molar-refractivity contribution in [2.75, 3.05) is 31.5 Å². The Morgan fingerprint density at radius 3 is 2.41 bits per heavy atom. The van der Waals surface area contributed by atoms with Crippen molar-refractivity contribution in [3.63, 3.8) is 0 Å². The van der Waals surface area contributed by atoms with Crippen LogP contribution in [0.1, 0.15) is 44.2 Å². The smallest absolute Gasteiger partial charge is 0.407 e. The fourth-order valence-electron chi connectivity index (χ4n) is 5.16. The number of amides is 2. The van der Waals surface area contributed by atoms with Crippen LogP contribution in [0.5, 0.6) is 0 Å². The molecule has 1 aliphatic carbocycles. The van der Waals surface area contributed by atoms with E-state index in [9.17, 15) is 23.1 Å². The molecule has 1 aliphatic heterocycles. The first kappa shape index (κ1) is 27.2. The van der Waals surface area contributed by atoms with Gasteiger partial charge in [-0.15, -0.1) is 0 Å². The van der Waals surface area contributed by atoms with Crippen LogP contribution in [0.4, 0.5) is 10.5 Å². The molecular formula is C26H33ClN4O5S. The average molecular weight is 549 g/mol. The molecule has 0 radical (unpaired) electrons. The number of sulfonamides is 1. The third-order valence-electron chi connectivity index (χ3n) is 7.13. The maximum absolute atomic E-state index is 13.6. The molecule has 2 amide bonds. The summed E-state index contributed by atoms with van der Waals surface area (Å²) in [4.78, 5) is 28.5. The second-order valence-corrected chi connectivity index (χ2v) is 11.6. The zero-order valence-electron chi connectivity index (χ0n) is 20.8. The average Bonchev–Trinajstić information content (AvgIpc) is 2.90. The molecule has 37 heavy (non-hydrogen) atoms. The summed E-state index contributed by atoms with van der Waals surface area (Å²) in [5.41, 5.74) is 1.47. The van der Waals surface area contributed by atoms with Crippen molar-refractivity contribution in [1.82, 2.24) is 14.5 Å². The monoisotopic (exact) mass is 548 g/mol. The van der Waals surface area contributed by atoms with Crippen molar-refractivity contribution < 1.29 is 23.1 Å². The van der Waals surface area contributed by atoms with Gasteiger partial charge in [-0.2, -0.15) is 0 Å². The highest BCUT2D eigenvalue weighted by molar-refractivity contribution is 7.89. The van der Waals surface area contributed by atoms with Crippen molar-refractivity contribution in [3.8, 4) is 0 Å². The number of hydrogen-bond donors (Lipinski definition) is 3. The highest BCUT2D eigenvalue weighted by Crippen LogP contribution is 2.33. The minimum atomic E-state index is -3.74. The van der Waals surface area contributed by atoms with Crippen molar-refractivity contribution in [2.24, 2.45) is 5.92 Å². The van der Waals surface area contributed by atoms with E-state index in [4.69, 9.17) is 11.6 Å². The first-order valence-electron chi connectivity index (χ1n) is 12.6. The van der Waals surface area contributed by atoms with E-state index in [-0.39, 0.29) is 41.9 Å². The minimum absolute atomic E-state index is 0.00758. The molecule has 2 aromatic rings. The van der Waals surface area contributed by atoms with Crippen molar-refractivity contribution >= 4 is 39.3 Å². The normalized spacial score (nSPS) is 22.5. The van der Waals surface area contributed by atoms with Gasteiger partial charge in [0.2, 0.25) is 15.9 Å². The highest BCUT2D eigenvalue weighted by atomic mass is 35.5. The molecule has 1 heterocycles. The van der Waals surface area contributed by atoms with Crippen LogP contribution in [0.25, 0.3) is 0 Å². The SMILES string of the molecule is CCNc1cc(S(=O)(=O)N[C@H]2CC[C@H](C(=O)N3CCN(C(=O)O)CC3c3ccccc3)CC2)ccc1Cl. The molecule has 4 rings (SSSR count).